The molecule has 5 rings (SSSR count). The number of anilines is 2. The van der Waals surface area contributed by atoms with Crippen LogP contribution < -0.4 is 10.2 Å². The zero-order chi connectivity index (χ0) is 29.9. The summed E-state index contributed by atoms with van der Waals surface area (Å²) >= 11 is 12.7. The largest absolute Gasteiger partial charge is 0.388 e. The Kier molecular flexibility index (Phi) is 8.80. The van der Waals surface area contributed by atoms with Gasteiger partial charge >= 0.3 is 0 Å². The molecule has 216 valence electrons. The number of aromatic nitrogens is 3. The van der Waals surface area contributed by atoms with E-state index >= 15 is 0 Å². The van der Waals surface area contributed by atoms with Crippen molar-refractivity contribution in [2.45, 2.75) is 4.90 Å². The molecule has 0 unspecified atom stereocenters. The highest BCUT2D eigenvalue weighted by atomic mass is 35.5. The number of hydrogen-bond acceptors (Lipinski definition) is 9. The number of aliphatic hydroxyl groups is 1. The van der Waals surface area contributed by atoms with Crippen molar-refractivity contribution in [3.8, 4) is 11.3 Å². The third-order valence-corrected chi connectivity index (χ3v) is 9.15. The molecule has 1 amide bonds. The number of halogens is 2. The SMILES string of the molecule is O=C(CO)c1cnc(N2CCN(S(=O)(=O)c3ccc(C(=O)Nc4ccc(Cl)c(-c5ccccn5)c4)c(Cl)c3)CC2)nc1. The second-order valence-electron chi connectivity index (χ2n) is 9.25. The molecule has 42 heavy (non-hydrogen) atoms. The summed E-state index contributed by atoms with van der Waals surface area (Å²) in [6.07, 6.45) is 4.30. The molecule has 4 aromatic rings. The molecule has 1 saturated heterocycles. The fourth-order valence-electron chi connectivity index (χ4n) is 4.36. The second-order valence-corrected chi connectivity index (χ2v) is 12.0. The van der Waals surface area contributed by atoms with E-state index in [0.29, 0.717) is 41.0 Å². The number of carbonyl (C=O) groups is 2. The predicted octanol–water partition coefficient (Wildman–Crippen LogP) is 3.78. The summed E-state index contributed by atoms with van der Waals surface area (Å²) in [7, 11) is -3.90. The van der Waals surface area contributed by atoms with Crippen LogP contribution in [0.5, 0.6) is 0 Å². The molecule has 1 fully saturated rings. The van der Waals surface area contributed by atoms with E-state index in [-0.39, 0.29) is 34.1 Å². The molecular weight excluding hydrogens is 603 g/mol. The molecule has 0 radical (unpaired) electrons. The first-order valence-corrected chi connectivity index (χ1v) is 14.9. The van der Waals surface area contributed by atoms with E-state index in [1.54, 1.807) is 41.4 Å². The summed E-state index contributed by atoms with van der Waals surface area (Å²) in [6, 6.07) is 14.4. The summed E-state index contributed by atoms with van der Waals surface area (Å²) < 4.78 is 28.0. The molecule has 1 aliphatic rings. The van der Waals surface area contributed by atoms with Gasteiger partial charge in [-0.25, -0.2) is 18.4 Å². The Labute approximate surface area is 251 Å². The van der Waals surface area contributed by atoms with Crippen LogP contribution in [0, 0.1) is 0 Å². The Bertz CT molecular complexity index is 1730. The van der Waals surface area contributed by atoms with Gasteiger partial charge < -0.3 is 15.3 Å². The van der Waals surface area contributed by atoms with Crippen LogP contribution >= 0.6 is 23.2 Å². The number of pyridine rings is 1. The van der Waals surface area contributed by atoms with Gasteiger partial charge in [0.05, 0.1) is 31.8 Å². The summed E-state index contributed by atoms with van der Waals surface area (Å²) in [4.78, 5) is 39.0. The normalized spacial score (nSPS) is 14.0. The molecule has 0 aliphatic carbocycles. The Morgan fingerprint density at radius 3 is 2.29 bits per heavy atom. The molecular formula is C28H24Cl2N6O5S. The monoisotopic (exact) mass is 626 g/mol. The lowest BCUT2D eigenvalue weighted by atomic mass is 10.1. The fourth-order valence-corrected chi connectivity index (χ4v) is 6.35. The molecule has 14 heteroatoms. The van der Waals surface area contributed by atoms with Gasteiger partial charge in [-0.2, -0.15) is 4.31 Å². The van der Waals surface area contributed by atoms with Gasteiger partial charge in [-0.05, 0) is 48.5 Å². The van der Waals surface area contributed by atoms with Gasteiger partial charge in [-0.3, -0.25) is 14.6 Å². The highest BCUT2D eigenvalue weighted by Gasteiger charge is 2.30. The van der Waals surface area contributed by atoms with Crippen molar-refractivity contribution >= 4 is 56.6 Å². The van der Waals surface area contributed by atoms with Gasteiger partial charge in [0.1, 0.15) is 6.61 Å². The molecule has 2 aromatic carbocycles. The van der Waals surface area contributed by atoms with Gasteiger partial charge in [-0.1, -0.05) is 29.3 Å². The smallest absolute Gasteiger partial charge is 0.257 e. The maximum atomic E-state index is 13.3. The lowest BCUT2D eigenvalue weighted by molar-refractivity contribution is 0.0902. The van der Waals surface area contributed by atoms with Crippen LogP contribution in [0.2, 0.25) is 10.0 Å². The number of ketones is 1. The first kappa shape index (κ1) is 29.5. The summed E-state index contributed by atoms with van der Waals surface area (Å²) in [5.74, 6) is -0.648. The third-order valence-electron chi connectivity index (χ3n) is 6.61. The zero-order valence-electron chi connectivity index (χ0n) is 21.9. The number of nitrogens with one attached hydrogen (secondary N) is 1. The van der Waals surface area contributed by atoms with Crippen LogP contribution in [0.4, 0.5) is 11.6 Å². The molecule has 1 aliphatic heterocycles. The molecule has 0 atom stereocenters. The van der Waals surface area contributed by atoms with E-state index in [1.807, 2.05) is 6.07 Å². The summed E-state index contributed by atoms with van der Waals surface area (Å²) in [5, 5.41) is 12.2. The molecule has 0 bridgehead atoms. The Hall–Kier alpha value is -3.94. The number of amides is 1. The minimum absolute atomic E-state index is 0.0166. The number of benzene rings is 2. The van der Waals surface area contributed by atoms with E-state index < -0.39 is 28.3 Å². The maximum Gasteiger partial charge on any atom is 0.257 e. The average Bonchev–Trinajstić information content (AvgIpc) is 3.02. The van der Waals surface area contributed by atoms with Crippen LogP contribution in [0.15, 0.2) is 78.1 Å². The lowest BCUT2D eigenvalue weighted by Crippen LogP contribution is -2.49. The van der Waals surface area contributed by atoms with Crippen LogP contribution in [-0.4, -0.2) is 77.3 Å². The number of carbonyl (C=O) groups excluding carboxylic acids is 2. The van der Waals surface area contributed by atoms with Crippen molar-refractivity contribution in [2.24, 2.45) is 0 Å². The number of aliphatic hydroxyl groups excluding tert-OH is 1. The van der Waals surface area contributed by atoms with Gasteiger partial charge in [0, 0.05) is 56.0 Å². The fraction of sp³-hybridized carbons (Fsp3) is 0.179. The molecule has 0 spiro atoms. The number of piperazine rings is 1. The maximum absolute atomic E-state index is 13.3. The van der Waals surface area contributed by atoms with Crippen molar-refractivity contribution < 1.29 is 23.1 Å². The van der Waals surface area contributed by atoms with E-state index in [1.165, 1.54) is 34.9 Å². The highest BCUT2D eigenvalue weighted by molar-refractivity contribution is 7.89. The lowest BCUT2D eigenvalue weighted by Gasteiger charge is -2.34. The molecule has 0 saturated carbocycles. The van der Waals surface area contributed by atoms with Crippen molar-refractivity contribution in [3.05, 3.63) is 94.4 Å². The Morgan fingerprint density at radius 2 is 1.64 bits per heavy atom. The first-order chi connectivity index (χ1) is 20.2. The second kappa shape index (κ2) is 12.5. The van der Waals surface area contributed by atoms with Crippen LogP contribution in [0.1, 0.15) is 20.7 Å². The third kappa shape index (κ3) is 6.27. The van der Waals surface area contributed by atoms with Gasteiger partial charge in [-0.15, -0.1) is 0 Å². The average molecular weight is 628 g/mol. The number of sulfonamides is 1. The Balaban J connectivity index is 1.25. The summed E-state index contributed by atoms with van der Waals surface area (Å²) in [5.41, 5.74) is 2.05. The highest BCUT2D eigenvalue weighted by Crippen LogP contribution is 2.30. The van der Waals surface area contributed by atoms with Crippen LogP contribution in [0.25, 0.3) is 11.3 Å². The standard InChI is InChI=1S/C28H24Cl2N6O5S/c29-23-7-4-19(13-22(23)25-3-1-2-8-31-25)34-27(39)21-6-5-20(14-24(21)30)42(40,41)36-11-9-35(10-12-36)28-32-15-18(16-33-28)26(38)17-37/h1-8,13-16,37H,9-12,17H2,(H,34,39). The van der Waals surface area contributed by atoms with Gasteiger partial charge in [0.15, 0.2) is 5.78 Å². The van der Waals surface area contributed by atoms with Crippen LogP contribution in [0.3, 0.4) is 0 Å². The summed E-state index contributed by atoms with van der Waals surface area (Å²) in [6.45, 7) is 0.339. The topological polar surface area (TPSA) is 146 Å². The van der Waals surface area contributed by atoms with Crippen molar-refractivity contribution in [2.75, 3.05) is 43.0 Å². The predicted molar refractivity (Wildman–Crippen MR) is 159 cm³/mol. The zero-order valence-corrected chi connectivity index (χ0v) is 24.3. The molecule has 2 N–H and O–H groups in total. The minimum atomic E-state index is -3.90. The molecule has 2 aromatic heterocycles. The Morgan fingerprint density at radius 1 is 0.905 bits per heavy atom. The number of hydrogen-bond donors (Lipinski definition) is 2. The molecule has 3 heterocycles. The van der Waals surface area contributed by atoms with Crippen molar-refractivity contribution in [1.82, 2.24) is 19.3 Å². The number of Topliss-reactive ketones (excluding diaryl/α,β-unsaturated/α-hetero) is 1. The van der Waals surface area contributed by atoms with Crippen molar-refractivity contribution in [1.29, 1.82) is 0 Å². The van der Waals surface area contributed by atoms with E-state index in [4.69, 9.17) is 28.3 Å². The molecule has 11 nitrogen and oxygen atoms in total. The van der Waals surface area contributed by atoms with Gasteiger partial charge in [0.2, 0.25) is 16.0 Å². The minimum Gasteiger partial charge on any atom is -0.388 e. The van der Waals surface area contributed by atoms with Crippen molar-refractivity contribution in [3.63, 3.8) is 0 Å². The van der Waals surface area contributed by atoms with Crippen LogP contribution in [-0.2, 0) is 10.0 Å². The number of nitrogens with zero attached hydrogens (tertiary/aromatic N) is 5. The quantitative estimate of drug-likeness (QED) is 0.279. The van der Waals surface area contributed by atoms with E-state index in [0.717, 1.165) is 0 Å². The van der Waals surface area contributed by atoms with E-state index in [9.17, 15) is 18.0 Å². The first-order valence-electron chi connectivity index (χ1n) is 12.7. The number of rotatable bonds is 8. The van der Waals surface area contributed by atoms with Gasteiger partial charge in [0.25, 0.3) is 5.91 Å². The van der Waals surface area contributed by atoms with E-state index in [2.05, 4.69) is 20.3 Å².